The number of allylic oxidation sites excluding steroid dienone is 1. The Kier molecular flexibility index (Phi) is 2.94. The summed E-state index contributed by atoms with van der Waals surface area (Å²) in [4.78, 5) is 6.46. The van der Waals surface area contributed by atoms with Crippen molar-refractivity contribution in [3.63, 3.8) is 0 Å². The molecule has 1 heterocycles. The van der Waals surface area contributed by atoms with E-state index in [1.54, 1.807) is 6.20 Å². The molecule has 0 aliphatic carbocycles. The molecule has 14 heavy (non-hydrogen) atoms. The average molecular weight is 190 g/mol. The van der Waals surface area contributed by atoms with E-state index < -0.39 is 0 Å². The molecular formula is C12H18N2. The molecule has 0 N–H and O–H groups in total. The molecule has 0 atom stereocenters. The molecule has 0 fully saturated rings. The van der Waals surface area contributed by atoms with E-state index in [0.717, 1.165) is 11.4 Å². The van der Waals surface area contributed by atoms with E-state index in [1.165, 1.54) is 0 Å². The lowest BCUT2D eigenvalue weighted by Crippen LogP contribution is -2.39. The van der Waals surface area contributed by atoms with Crippen LogP contribution in [0.15, 0.2) is 41.7 Å². The Balaban J connectivity index is 3.08. The average Bonchev–Trinajstić information content (AvgIpc) is 2.47. The van der Waals surface area contributed by atoms with Crippen LogP contribution in [0.1, 0.15) is 27.7 Å². The molecular weight excluding hydrogens is 172 g/mol. The highest BCUT2D eigenvalue weighted by Gasteiger charge is 2.27. The second-order valence-corrected chi connectivity index (χ2v) is 4.24. The van der Waals surface area contributed by atoms with Crippen molar-refractivity contribution in [2.24, 2.45) is 4.99 Å². The zero-order valence-corrected chi connectivity index (χ0v) is 9.41. The minimum atomic E-state index is 0.0586. The lowest BCUT2D eigenvalue weighted by molar-refractivity contribution is 0.317. The third kappa shape index (κ3) is 1.95. The van der Waals surface area contributed by atoms with Gasteiger partial charge >= 0.3 is 0 Å². The second kappa shape index (κ2) is 3.82. The number of hydrogen-bond acceptors (Lipinski definition) is 1. The molecule has 0 spiro atoms. The minimum Gasteiger partial charge on any atom is -0.327 e. The van der Waals surface area contributed by atoms with Crippen molar-refractivity contribution < 1.29 is 0 Å². The molecule has 0 amide bonds. The standard InChI is InChI=1S/C12H18N2/c1-6-10-8-9-14(12(3,4)5)11(10)13-7-2/h6-9H,2H2,1,3-5H3/b10-6-,13-11+. The Morgan fingerprint density at radius 2 is 2.07 bits per heavy atom. The van der Waals surface area contributed by atoms with Crippen LogP contribution in [-0.4, -0.2) is 16.3 Å². The molecule has 0 saturated heterocycles. The van der Waals surface area contributed by atoms with E-state index >= 15 is 0 Å². The number of hydrogen-bond donors (Lipinski definition) is 0. The Morgan fingerprint density at radius 3 is 2.50 bits per heavy atom. The first-order chi connectivity index (χ1) is 6.50. The Morgan fingerprint density at radius 1 is 1.43 bits per heavy atom. The van der Waals surface area contributed by atoms with Crippen LogP contribution in [0.25, 0.3) is 0 Å². The highest BCUT2D eigenvalue weighted by atomic mass is 15.2. The first-order valence-corrected chi connectivity index (χ1v) is 4.83. The van der Waals surface area contributed by atoms with E-state index in [4.69, 9.17) is 0 Å². The van der Waals surface area contributed by atoms with Gasteiger partial charge in [-0.15, -0.1) is 0 Å². The number of aliphatic imine (C=N–C) groups is 1. The molecule has 0 radical (unpaired) electrons. The lowest BCUT2D eigenvalue weighted by atomic mass is 10.1. The molecule has 1 rings (SSSR count). The molecule has 0 aromatic heterocycles. The topological polar surface area (TPSA) is 15.6 Å². The fourth-order valence-corrected chi connectivity index (χ4v) is 1.43. The van der Waals surface area contributed by atoms with Crippen LogP contribution in [0.5, 0.6) is 0 Å². The van der Waals surface area contributed by atoms with Crippen molar-refractivity contribution in [2.75, 3.05) is 0 Å². The summed E-state index contributed by atoms with van der Waals surface area (Å²) in [5, 5.41) is 0. The van der Waals surface area contributed by atoms with E-state index in [9.17, 15) is 0 Å². The minimum absolute atomic E-state index is 0.0586. The van der Waals surface area contributed by atoms with Gasteiger partial charge in [-0.05, 0) is 33.8 Å². The van der Waals surface area contributed by atoms with Gasteiger partial charge in [-0.2, -0.15) is 0 Å². The SMILES string of the molecule is C=C/N=C1\C(=C/C)C=CN1C(C)(C)C. The maximum absolute atomic E-state index is 4.30. The van der Waals surface area contributed by atoms with Gasteiger partial charge in [0.15, 0.2) is 0 Å². The Hall–Kier alpha value is -1.31. The van der Waals surface area contributed by atoms with E-state index in [2.05, 4.69) is 55.6 Å². The maximum Gasteiger partial charge on any atom is 0.139 e. The number of amidine groups is 1. The van der Waals surface area contributed by atoms with Gasteiger partial charge < -0.3 is 4.90 Å². The molecule has 0 aromatic carbocycles. The summed E-state index contributed by atoms with van der Waals surface area (Å²) in [6, 6.07) is 0. The molecule has 1 aliphatic rings. The summed E-state index contributed by atoms with van der Waals surface area (Å²) in [7, 11) is 0. The van der Waals surface area contributed by atoms with Crippen LogP contribution in [0.4, 0.5) is 0 Å². The van der Waals surface area contributed by atoms with Gasteiger partial charge in [0.2, 0.25) is 0 Å². The Labute approximate surface area is 86.3 Å². The summed E-state index contributed by atoms with van der Waals surface area (Å²) < 4.78 is 0. The van der Waals surface area contributed by atoms with Gasteiger partial charge in [-0.3, -0.25) is 0 Å². The molecule has 0 aromatic rings. The summed E-state index contributed by atoms with van der Waals surface area (Å²) in [6.07, 6.45) is 7.79. The lowest BCUT2D eigenvalue weighted by Gasteiger charge is -2.32. The van der Waals surface area contributed by atoms with Gasteiger partial charge in [0.25, 0.3) is 0 Å². The molecule has 2 heteroatoms. The van der Waals surface area contributed by atoms with E-state index in [-0.39, 0.29) is 5.54 Å². The van der Waals surface area contributed by atoms with Crippen molar-refractivity contribution in [2.45, 2.75) is 33.2 Å². The van der Waals surface area contributed by atoms with Crippen LogP contribution in [-0.2, 0) is 0 Å². The summed E-state index contributed by atoms with van der Waals surface area (Å²) >= 11 is 0. The Bertz CT molecular complexity index is 314. The highest BCUT2D eigenvalue weighted by molar-refractivity contribution is 6.04. The fraction of sp³-hybridized carbons (Fsp3) is 0.417. The molecule has 76 valence electrons. The van der Waals surface area contributed by atoms with Gasteiger partial charge in [-0.25, -0.2) is 4.99 Å². The smallest absolute Gasteiger partial charge is 0.139 e. The summed E-state index contributed by atoms with van der Waals surface area (Å²) in [5.41, 5.74) is 1.21. The van der Waals surface area contributed by atoms with Crippen molar-refractivity contribution >= 4 is 5.84 Å². The highest BCUT2D eigenvalue weighted by Crippen LogP contribution is 2.24. The third-order valence-electron chi connectivity index (χ3n) is 2.14. The first-order valence-electron chi connectivity index (χ1n) is 4.83. The summed E-state index contributed by atoms with van der Waals surface area (Å²) in [6.45, 7) is 12.1. The van der Waals surface area contributed by atoms with Crippen LogP contribution >= 0.6 is 0 Å². The monoisotopic (exact) mass is 190 g/mol. The largest absolute Gasteiger partial charge is 0.327 e. The number of nitrogens with zero attached hydrogens (tertiary/aromatic N) is 2. The molecule has 1 aliphatic heterocycles. The number of rotatable bonds is 1. The van der Waals surface area contributed by atoms with Crippen LogP contribution in [0, 0.1) is 0 Å². The van der Waals surface area contributed by atoms with Gasteiger partial charge in [-0.1, -0.05) is 12.7 Å². The van der Waals surface area contributed by atoms with Crippen LogP contribution in [0.2, 0.25) is 0 Å². The van der Waals surface area contributed by atoms with Crippen molar-refractivity contribution in [1.82, 2.24) is 4.90 Å². The van der Waals surface area contributed by atoms with Crippen LogP contribution in [0.3, 0.4) is 0 Å². The van der Waals surface area contributed by atoms with Crippen LogP contribution < -0.4 is 0 Å². The normalized spacial score (nSPS) is 22.4. The van der Waals surface area contributed by atoms with E-state index in [0.29, 0.717) is 0 Å². The zero-order valence-electron chi connectivity index (χ0n) is 9.41. The molecule has 0 unspecified atom stereocenters. The quantitative estimate of drug-likeness (QED) is 0.620. The van der Waals surface area contributed by atoms with Gasteiger partial charge in [0.1, 0.15) is 5.84 Å². The van der Waals surface area contributed by atoms with Crippen molar-refractivity contribution in [1.29, 1.82) is 0 Å². The van der Waals surface area contributed by atoms with Crippen molar-refractivity contribution in [3.8, 4) is 0 Å². The predicted octanol–water partition coefficient (Wildman–Crippen LogP) is 3.10. The predicted molar refractivity (Wildman–Crippen MR) is 62.1 cm³/mol. The first kappa shape index (κ1) is 10.8. The second-order valence-electron chi connectivity index (χ2n) is 4.24. The van der Waals surface area contributed by atoms with Crippen molar-refractivity contribution in [3.05, 3.63) is 36.7 Å². The maximum atomic E-state index is 4.30. The molecule has 0 saturated carbocycles. The third-order valence-corrected chi connectivity index (χ3v) is 2.14. The summed E-state index contributed by atoms with van der Waals surface area (Å²) in [5.74, 6) is 0.981. The zero-order chi connectivity index (χ0) is 10.8. The molecule has 0 bridgehead atoms. The van der Waals surface area contributed by atoms with E-state index in [1.807, 2.05) is 6.92 Å². The van der Waals surface area contributed by atoms with Gasteiger partial charge in [0, 0.05) is 23.5 Å². The fourth-order valence-electron chi connectivity index (χ4n) is 1.43. The van der Waals surface area contributed by atoms with Gasteiger partial charge in [0.05, 0.1) is 0 Å². The molecule has 2 nitrogen and oxygen atoms in total.